The fourth-order valence-electron chi connectivity index (χ4n) is 1.64. The van der Waals surface area contributed by atoms with E-state index in [0.29, 0.717) is 12.3 Å². The van der Waals surface area contributed by atoms with Gasteiger partial charge in [-0.2, -0.15) is 0 Å². The molecule has 0 aliphatic carbocycles. The third-order valence-electron chi connectivity index (χ3n) is 3.39. The van der Waals surface area contributed by atoms with Crippen molar-refractivity contribution in [3.05, 3.63) is 0 Å². The Labute approximate surface area is 94.6 Å². The van der Waals surface area contributed by atoms with Crippen LogP contribution in [0.3, 0.4) is 0 Å². The molecule has 0 aromatic heterocycles. The highest BCUT2D eigenvalue weighted by Crippen LogP contribution is 2.20. The van der Waals surface area contributed by atoms with Crippen molar-refractivity contribution < 1.29 is 4.79 Å². The van der Waals surface area contributed by atoms with Gasteiger partial charge < -0.3 is 5.73 Å². The van der Waals surface area contributed by atoms with Gasteiger partial charge in [0.1, 0.15) is 0 Å². The van der Waals surface area contributed by atoms with Gasteiger partial charge in [-0.1, -0.05) is 46.5 Å². The second kappa shape index (κ2) is 7.00. The standard InChI is InChI=1S/C13H27NO/c1-5-8-9-11(6-2)10-12(15)13(4,14)7-3/h11H,5-10,14H2,1-4H3. The van der Waals surface area contributed by atoms with Crippen LogP contribution in [0.15, 0.2) is 0 Å². The van der Waals surface area contributed by atoms with E-state index >= 15 is 0 Å². The Balaban J connectivity index is 4.12. The highest BCUT2D eigenvalue weighted by atomic mass is 16.1. The number of nitrogens with two attached hydrogens (primary N) is 1. The van der Waals surface area contributed by atoms with Gasteiger partial charge in [0.15, 0.2) is 5.78 Å². The normalized spacial score (nSPS) is 17.1. The molecule has 2 atom stereocenters. The van der Waals surface area contributed by atoms with Crippen LogP contribution in [0.4, 0.5) is 0 Å². The molecular formula is C13H27NO. The molecule has 15 heavy (non-hydrogen) atoms. The van der Waals surface area contributed by atoms with Crippen molar-refractivity contribution >= 4 is 5.78 Å². The van der Waals surface area contributed by atoms with Crippen molar-refractivity contribution in [1.82, 2.24) is 0 Å². The van der Waals surface area contributed by atoms with E-state index in [0.717, 1.165) is 12.8 Å². The van der Waals surface area contributed by atoms with E-state index < -0.39 is 5.54 Å². The van der Waals surface area contributed by atoms with Crippen molar-refractivity contribution in [3.8, 4) is 0 Å². The Bertz CT molecular complexity index is 187. The summed E-state index contributed by atoms with van der Waals surface area (Å²) >= 11 is 0. The zero-order valence-corrected chi connectivity index (χ0v) is 10.8. The van der Waals surface area contributed by atoms with E-state index in [4.69, 9.17) is 5.73 Å². The molecular weight excluding hydrogens is 186 g/mol. The van der Waals surface area contributed by atoms with Crippen molar-refractivity contribution in [3.63, 3.8) is 0 Å². The van der Waals surface area contributed by atoms with Gasteiger partial charge in [0, 0.05) is 6.42 Å². The zero-order chi connectivity index (χ0) is 11.9. The molecule has 0 aliphatic rings. The summed E-state index contributed by atoms with van der Waals surface area (Å²) in [5, 5.41) is 0. The number of ketones is 1. The zero-order valence-electron chi connectivity index (χ0n) is 10.8. The Morgan fingerprint density at radius 2 is 1.93 bits per heavy atom. The molecule has 2 heteroatoms. The molecule has 0 rings (SSSR count). The molecule has 0 saturated carbocycles. The molecule has 90 valence electrons. The Hall–Kier alpha value is -0.370. The first-order valence-corrected chi connectivity index (χ1v) is 6.30. The average Bonchev–Trinajstić information content (AvgIpc) is 2.23. The quantitative estimate of drug-likeness (QED) is 0.672. The summed E-state index contributed by atoms with van der Waals surface area (Å²) in [5.74, 6) is 0.764. The molecule has 2 N–H and O–H groups in total. The maximum atomic E-state index is 11.9. The fourth-order valence-corrected chi connectivity index (χ4v) is 1.64. The van der Waals surface area contributed by atoms with Gasteiger partial charge in [0.2, 0.25) is 0 Å². The predicted molar refractivity (Wildman–Crippen MR) is 65.8 cm³/mol. The summed E-state index contributed by atoms with van der Waals surface area (Å²) in [5.41, 5.74) is 5.33. The van der Waals surface area contributed by atoms with Crippen LogP contribution in [0, 0.1) is 5.92 Å². The largest absolute Gasteiger partial charge is 0.319 e. The third kappa shape index (κ3) is 5.31. The maximum Gasteiger partial charge on any atom is 0.152 e. The lowest BCUT2D eigenvalue weighted by Crippen LogP contribution is -2.44. The summed E-state index contributed by atoms with van der Waals surface area (Å²) in [6.45, 7) is 8.17. The second-order valence-electron chi connectivity index (χ2n) is 4.81. The topological polar surface area (TPSA) is 43.1 Å². The van der Waals surface area contributed by atoms with Crippen molar-refractivity contribution in [2.24, 2.45) is 11.7 Å². The molecule has 0 aromatic rings. The lowest BCUT2D eigenvalue weighted by Gasteiger charge is -2.24. The van der Waals surface area contributed by atoms with Gasteiger partial charge in [-0.3, -0.25) is 4.79 Å². The summed E-state index contributed by atoms with van der Waals surface area (Å²) in [6, 6.07) is 0. The first-order chi connectivity index (χ1) is 6.97. The van der Waals surface area contributed by atoms with Crippen molar-refractivity contribution in [2.45, 2.75) is 71.8 Å². The van der Waals surface area contributed by atoms with Crippen LogP contribution in [0.2, 0.25) is 0 Å². The minimum Gasteiger partial charge on any atom is -0.319 e. The summed E-state index contributed by atoms with van der Waals surface area (Å²) in [6.07, 6.45) is 6.08. The maximum absolute atomic E-state index is 11.9. The van der Waals surface area contributed by atoms with Crippen LogP contribution in [-0.2, 0) is 4.79 Å². The van der Waals surface area contributed by atoms with E-state index in [-0.39, 0.29) is 5.78 Å². The van der Waals surface area contributed by atoms with Gasteiger partial charge in [0.05, 0.1) is 5.54 Å². The van der Waals surface area contributed by atoms with Crippen molar-refractivity contribution in [1.29, 1.82) is 0 Å². The van der Waals surface area contributed by atoms with Crippen molar-refractivity contribution in [2.75, 3.05) is 0 Å². The highest BCUT2D eigenvalue weighted by Gasteiger charge is 2.27. The molecule has 0 amide bonds. The SMILES string of the molecule is CCCCC(CC)CC(=O)C(C)(N)CC. The van der Waals surface area contributed by atoms with Gasteiger partial charge in [-0.25, -0.2) is 0 Å². The van der Waals surface area contributed by atoms with Gasteiger partial charge in [0.25, 0.3) is 0 Å². The van der Waals surface area contributed by atoms with Gasteiger partial charge in [-0.15, -0.1) is 0 Å². The molecule has 0 saturated heterocycles. The minimum absolute atomic E-state index is 0.230. The molecule has 0 aromatic carbocycles. The van der Waals surface area contributed by atoms with E-state index in [2.05, 4.69) is 13.8 Å². The smallest absolute Gasteiger partial charge is 0.152 e. The number of unbranched alkanes of at least 4 members (excludes halogenated alkanes) is 1. The average molecular weight is 213 g/mol. The fraction of sp³-hybridized carbons (Fsp3) is 0.923. The van der Waals surface area contributed by atoms with Crippen LogP contribution in [0.1, 0.15) is 66.2 Å². The minimum atomic E-state index is -0.611. The van der Waals surface area contributed by atoms with Gasteiger partial charge in [-0.05, 0) is 19.3 Å². The van der Waals surface area contributed by atoms with Gasteiger partial charge >= 0.3 is 0 Å². The Kier molecular flexibility index (Phi) is 6.82. The number of hydrogen-bond acceptors (Lipinski definition) is 2. The molecule has 2 nitrogen and oxygen atoms in total. The lowest BCUT2D eigenvalue weighted by atomic mass is 9.85. The number of carbonyl (C=O) groups excluding carboxylic acids is 1. The van der Waals surface area contributed by atoms with E-state index in [1.807, 2.05) is 13.8 Å². The second-order valence-corrected chi connectivity index (χ2v) is 4.81. The van der Waals surface area contributed by atoms with E-state index in [1.165, 1.54) is 19.3 Å². The van der Waals surface area contributed by atoms with Crippen LogP contribution >= 0.6 is 0 Å². The summed E-state index contributed by atoms with van der Waals surface area (Å²) in [4.78, 5) is 11.9. The molecule has 0 bridgehead atoms. The molecule has 0 heterocycles. The van der Waals surface area contributed by atoms with Crippen LogP contribution in [0.25, 0.3) is 0 Å². The first kappa shape index (κ1) is 14.6. The molecule has 0 aliphatic heterocycles. The molecule has 0 spiro atoms. The highest BCUT2D eigenvalue weighted by molar-refractivity contribution is 5.87. The number of rotatable bonds is 8. The molecule has 0 fully saturated rings. The third-order valence-corrected chi connectivity index (χ3v) is 3.39. The van der Waals surface area contributed by atoms with Crippen LogP contribution < -0.4 is 5.73 Å². The van der Waals surface area contributed by atoms with E-state index in [1.54, 1.807) is 0 Å². The van der Waals surface area contributed by atoms with Crippen LogP contribution in [-0.4, -0.2) is 11.3 Å². The Morgan fingerprint density at radius 1 is 1.33 bits per heavy atom. The molecule has 0 radical (unpaired) electrons. The number of Topliss-reactive ketones (excluding diaryl/α,β-unsaturated/α-hetero) is 1. The monoisotopic (exact) mass is 213 g/mol. The predicted octanol–water partition coefficient (Wildman–Crippen LogP) is 3.29. The summed E-state index contributed by atoms with van der Waals surface area (Å²) < 4.78 is 0. The first-order valence-electron chi connectivity index (χ1n) is 6.30. The number of hydrogen-bond donors (Lipinski definition) is 1. The Morgan fingerprint density at radius 3 is 2.33 bits per heavy atom. The lowest BCUT2D eigenvalue weighted by molar-refractivity contribution is -0.124. The summed E-state index contributed by atoms with van der Waals surface area (Å²) in [7, 11) is 0. The van der Waals surface area contributed by atoms with E-state index in [9.17, 15) is 4.79 Å². The number of carbonyl (C=O) groups is 1. The van der Waals surface area contributed by atoms with Crippen LogP contribution in [0.5, 0.6) is 0 Å². The molecule has 2 unspecified atom stereocenters.